The molecule has 0 radical (unpaired) electrons. The molecule has 3 nitrogen and oxygen atoms in total. The Balaban J connectivity index is 2.14. The minimum Gasteiger partial charge on any atom is -0.349 e. The Hall–Kier alpha value is -1.39. The van der Waals surface area contributed by atoms with Crippen LogP contribution in [0.2, 0.25) is 5.02 Å². The summed E-state index contributed by atoms with van der Waals surface area (Å²) in [6, 6.07) is 4.25. The average molecular weight is 240 g/mol. The summed E-state index contributed by atoms with van der Waals surface area (Å²) in [6.45, 7) is 0. The second-order valence-corrected chi connectivity index (χ2v) is 3.93. The zero-order valence-corrected chi connectivity index (χ0v) is 9.21. The van der Waals surface area contributed by atoms with Gasteiger partial charge < -0.3 is 10.7 Å². The molecule has 0 saturated carbocycles. The van der Waals surface area contributed by atoms with Gasteiger partial charge in [0.05, 0.1) is 5.02 Å². The highest BCUT2D eigenvalue weighted by Gasteiger charge is 2.10. The number of hydrogen-bond acceptors (Lipinski definition) is 2. The van der Waals surface area contributed by atoms with E-state index in [9.17, 15) is 4.39 Å². The molecule has 2 rings (SSSR count). The largest absolute Gasteiger partial charge is 0.349 e. The van der Waals surface area contributed by atoms with Crippen LogP contribution in [0.3, 0.4) is 0 Å². The number of nitrogens with zero attached hydrogens (tertiary/aromatic N) is 1. The third kappa shape index (κ3) is 2.40. The van der Waals surface area contributed by atoms with Gasteiger partial charge in [0.25, 0.3) is 0 Å². The minimum absolute atomic E-state index is 0.0902. The van der Waals surface area contributed by atoms with Gasteiger partial charge >= 0.3 is 0 Å². The quantitative estimate of drug-likeness (QED) is 0.865. The van der Waals surface area contributed by atoms with Crippen LogP contribution in [0, 0.1) is 5.82 Å². The third-order valence-corrected chi connectivity index (χ3v) is 2.63. The number of halogens is 2. The van der Waals surface area contributed by atoms with Crippen molar-refractivity contribution in [2.75, 3.05) is 0 Å². The maximum absolute atomic E-state index is 12.9. The highest BCUT2D eigenvalue weighted by atomic mass is 35.5. The zero-order chi connectivity index (χ0) is 11.5. The maximum Gasteiger partial charge on any atom is 0.141 e. The Morgan fingerprint density at radius 3 is 2.94 bits per heavy atom. The predicted molar refractivity (Wildman–Crippen MR) is 60.6 cm³/mol. The standard InChI is InChI=1S/C11H11ClFN3/c12-8-5-7(1-2-9(8)13)10(14)6-11-15-3-4-16-11/h1-5,10H,6,14H2,(H,15,16). The molecular weight excluding hydrogens is 229 g/mol. The number of nitrogens with two attached hydrogens (primary N) is 1. The lowest BCUT2D eigenvalue weighted by atomic mass is 10.0. The van der Waals surface area contributed by atoms with E-state index in [1.54, 1.807) is 24.5 Å². The summed E-state index contributed by atoms with van der Waals surface area (Å²) in [6.07, 6.45) is 3.97. The van der Waals surface area contributed by atoms with Crippen molar-refractivity contribution in [2.45, 2.75) is 12.5 Å². The Morgan fingerprint density at radius 1 is 1.50 bits per heavy atom. The Kier molecular flexibility index (Phi) is 3.22. The second-order valence-electron chi connectivity index (χ2n) is 3.52. The summed E-state index contributed by atoms with van der Waals surface area (Å²) in [7, 11) is 0. The molecule has 0 amide bonds. The summed E-state index contributed by atoms with van der Waals surface area (Å²) in [5, 5.41) is 0.0902. The molecule has 1 aromatic carbocycles. The average Bonchev–Trinajstić information content (AvgIpc) is 2.74. The molecular formula is C11H11ClFN3. The SMILES string of the molecule is NC(Cc1ncc[nH]1)c1ccc(F)c(Cl)c1. The first-order chi connectivity index (χ1) is 7.66. The monoisotopic (exact) mass is 239 g/mol. The molecule has 1 heterocycles. The summed E-state index contributed by atoms with van der Waals surface area (Å²) in [4.78, 5) is 7.04. The number of hydrogen-bond donors (Lipinski definition) is 2. The van der Waals surface area contributed by atoms with Crippen LogP contribution in [0.5, 0.6) is 0 Å². The van der Waals surface area contributed by atoms with E-state index in [0.717, 1.165) is 11.4 Å². The van der Waals surface area contributed by atoms with Crippen LogP contribution in [0.4, 0.5) is 4.39 Å². The van der Waals surface area contributed by atoms with Crippen molar-refractivity contribution in [3.63, 3.8) is 0 Å². The van der Waals surface area contributed by atoms with E-state index >= 15 is 0 Å². The molecule has 2 aromatic rings. The molecule has 0 spiro atoms. The van der Waals surface area contributed by atoms with E-state index in [4.69, 9.17) is 17.3 Å². The molecule has 5 heteroatoms. The van der Waals surface area contributed by atoms with Crippen LogP contribution in [-0.2, 0) is 6.42 Å². The van der Waals surface area contributed by atoms with Crippen molar-refractivity contribution in [1.82, 2.24) is 9.97 Å². The summed E-state index contributed by atoms with van der Waals surface area (Å²) < 4.78 is 12.9. The number of imidazole rings is 1. The molecule has 0 aliphatic heterocycles. The Morgan fingerprint density at radius 2 is 2.31 bits per heavy atom. The van der Waals surface area contributed by atoms with Gasteiger partial charge in [-0.2, -0.15) is 0 Å². The highest BCUT2D eigenvalue weighted by molar-refractivity contribution is 6.30. The lowest BCUT2D eigenvalue weighted by molar-refractivity contribution is 0.624. The molecule has 1 unspecified atom stereocenters. The van der Waals surface area contributed by atoms with E-state index in [1.807, 2.05) is 0 Å². The maximum atomic E-state index is 12.9. The van der Waals surface area contributed by atoms with Gasteiger partial charge in [0.2, 0.25) is 0 Å². The Labute approximate surface area is 97.5 Å². The number of H-pyrrole nitrogens is 1. The van der Waals surface area contributed by atoms with E-state index < -0.39 is 5.82 Å². The van der Waals surface area contributed by atoms with Gasteiger partial charge in [0, 0.05) is 24.9 Å². The first-order valence-corrected chi connectivity index (χ1v) is 5.23. The molecule has 3 N–H and O–H groups in total. The number of aromatic nitrogens is 2. The lowest BCUT2D eigenvalue weighted by Crippen LogP contribution is -2.14. The third-order valence-electron chi connectivity index (χ3n) is 2.34. The number of aromatic amines is 1. The fourth-order valence-corrected chi connectivity index (χ4v) is 1.67. The van der Waals surface area contributed by atoms with Crippen LogP contribution in [-0.4, -0.2) is 9.97 Å². The lowest BCUT2D eigenvalue weighted by Gasteiger charge is -2.10. The van der Waals surface area contributed by atoms with Gasteiger partial charge in [-0.25, -0.2) is 9.37 Å². The Bertz CT molecular complexity index is 470. The summed E-state index contributed by atoms with van der Waals surface area (Å²) >= 11 is 5.69. The molecule has 0 aliphatic carbocycles. The summed E-state index contributed by atoms with van der Waals surface area (Å²) in [5.74, 6) is 0.364. The van der Waals surface area contributed by atoms with Crippen molar-refractivity contribution in [2.24, 2.45) is 5.73 Å². The first kappa shape index (κ1) is 11.1. The predicted octanol–water partition coefficient (Wildman–Crippen LogP) is 2.44. The zero-order valence-electron chi connectivity index (χ0n) is 8.45. The van der Waals surface area contributed by atoms with Gasteiger partial charge in [0.15, 0.2) is 0 Å². The molecule has 0 bridgehead atoms. The van der Waals surface area contributed by atoms with Gasteiger partial charge in [-0.1, -0.05) is 17.7 Å². The molecule has 0 saturated heterocycles. The second kappa shape index (κ2) is 4.63. The van der Waals surface area contributed by atoms with Crippen molar-refractivity contribution in [3.8, 4) is 0 Å². The topological polar surface area (TPSA) is 54.7 Å². The van der Waals surface area contributed by atoms with Gasteiger partial charge in [-0.3, -0.25) is 0 Å². The smallest absolute Gasteiger partial charge is 0.141 e. The molecule has 1 atom stereocenters. The van der Waals surface area contributed by atoms with E-state index in [-0.39, 0.29) is 11.1 Å². The first-order valence-electron chi connectivity index (χ1n) is 4.85. The van der Waals surface area contributed by atoms with E-state index in [2.05, 4.69) is 9.97 Å². The van der Waals surface area contributed by atoms with Crippen molar-refractivity contribution in [1.29, 1.82) is 0 Å². The van der Waals surface area contributed by atoms with Crippen LogP contribution >= 0.6 is 11.6 Å². The highest BCUT2D eigenvalue weighted by Crippen LogP contribution is 2.21. The van der Waals surface area contributed by atoms with Crippen LogP contribution in [0.1, 0.15) is 17.4 Å². The number of nitrogens with one attached hydrogen (secondary N) is 1. The van der Waals surface area contributed by atoms with Crippen LogP contribution in [0.15, 0.2) is 30.6 Å². The van der Waals surface area contributed by atoms with Gasteiger partial charge in [-0.15, -0.1) is 0 Å². The molecule has 1 aromatic heterocycles. The van der Waals surface area contributed by atoms with Crippen LogP contribution in [0.25, 0.3) is 0 Å². The summed E-state index contributed by atoms with van der Waals surface area (Å²) in [5.41, 5.74) is 6.76. The van der Waals surface area contributed by atoms with Crippen molar-refractivity contribution in [3.05, 3.63) is 52.8 Å². The number of benzene rings is 1. The van der Waals surface area contributed by atoms with Crippen molar-refractivity contribution >= 4 is 11.6 Å². The molecule has 16 heavy (non-hydrogen) atoms. The van der Waals surface area contributed by atoms with E-state index in [1.165, 1.54) is 6.07 Å². The van der Waals surface area contributed by atoms with Gasteiger partial charge in [0.1, 0.15) is 11.6 Å². The van der Waals surface area contributed by atoms with E-state index in [0.29, 0.717) is 6.42 Å². The van der Waals surface area contributed by atoms with Crippen molar-refractivity contribution < 1.29 is 4.39 Å². The molecule has 0 fully saturated rings. The number of rotatable bonds is 3. The fraction of sp³-hybridized carbons (Fsp3) is 0.182. The fourth-order valence-electron chi connectivity index (χ4n) is 1.48. The van der Waals surface area contributed by atoms with Gasteiger partial charge in [-0.05, 0) is 17.7 Å². The minimum atomic E-state index is -0.435. The van der Waals surface area contributed by atoms with Crippen LogP contribution < -0.4 is 5.73 Å². The molecule has 0 aliphatic rings. The normalized spacial score (nSPS) is 12.7. The molecule has 84 valence electrons.